The van der Waals surface area contributed by atoms with Gasteiger partial charge in [0.15, 0.2) is 0 Å². The topological polar surface area (TPSA) is 70.1 Å². The van der Waals surface area contributed by atoms with Gasteiger partial charge in [-0.15, -0.1) is 0 Å². The summed E-state index contributed by atoms with van der Waals surface area (Å²) in [5.74, 6) is 0. The summed E-state index contributed by atoms with van der Waals surface area (Å²) < 4.78 is 6.22. The van der Waals surface area contributed by atoms with E-state index in [4.69, 9.17) is 10.5 Å². The van der Waals surface area contributed by atoms with Gasteiger partial charge in [0.05, 0.1) is 19.3 Å². The summed E-state index contributed by atoms with van der Waals surface area (Å²) in [4.78, 5) is 11.4. The van der Waals surface area contributed by atoms with Crippen LogP contribution in [0.2, 0.25) is 0 Å². The Morgan fingerprint density at radius 3 is 3.00 bits per heavy atom. The number of aromatic nitrogens is 2. The Morgan fingerprint density at radius 2 is 2.43 bits per heavy atom. The lowest BCUT2D eigenvalue weighted by molar-refractivity contribution is 0.171. The molecule has 0 aliphatic carbocycles. The Hall–Kier alpha value is -1.20. The van der Waals surface area contributed by atoms with Gasteiger partial charge >= 0.3 is 0 Å². The number of hydrogen-bond acceptors (Lipinski definition) is 4. The molecule has 78 valence electrons. The first-order chi connectivity index (χ1) is 6.63. The zero-order chi connectivity index (χ0) is 10.6. The van der Waals surface area contributed by atoms with E-state index in [1.54, 1.807) is 13.3 Å². The molecule has 0 bridgehead atoms. The van der Waals surface area contributed by atoms with Crippen LogP contribution in [0.25, 0.3) is 0 Å². The maximum atomic E-state index is 11.4. The van der Waals surface area contributed by atoms with Crippen LogP contribution < -0.4 is 11.3 Å². The largest absolute Gasteiger partial charge is 0.383 e. The maximum absolute atomic E-state index is 11.4. The smallest absolute Gasteiger partial charge is 0.267 e. The summed E-state index contributed by atoms with van der Waals surface area (Å²) in [5, 5.41) is 3.97. The molecule has 2 N–H and O–H groups in total. The van der Waals surface area contributed by atoms with Crippen LogP contribution in [-0.2, 0) is 11.3 Å². The average molecular weight is 197 g/mol. The number of rotatable bonds is 4. The molecule has 0 radical (unpaired) electrons. The number of nitrogens with two attached hydrogens (primary N) is 1. The molecule has 14 heavy (non-hydrogen) atoms. The molecule has 0 aromatic carbocycles. The molecule has 0 saturated heterocycles. The quantitative estimate of drug-likeness (QED) is 0.708. The Labute approximate surface area is 82.5 Å². The third-order valence-electron chi connectivity index (χ3n) is 1.79. The van der Waals surface area contributed by atoms with Crippen molar-refractivity contribution in [1.29, 1.82) is 0 Å². The fraction of sp³-hybridized carbons (Fsp3) is 0.556. The van der Waals surface area contributed by atoms with E-state index in [1.165, 1.54) is 10.7 Å². The first-order valence-electron chi connectivity index (χ1n) is 4.41. The van der Waals surface area contributed by atoms with Crippen LogP contribution >= 0.6 is 0 Å². The van der Waals surface area contributed by atoms with Crippen molar-refractivity contribution in [3.8, 4) is 0 Å². The second kappa shape index (κ2) is 4.88. The molecule has 5 heteroatoms. The van der Waals surface area contributed by atoms with Gasteiger partial charge in [-0.25, -0.2) is 4.68 Å². The number of hydrogen-bond donors (Lipinski definition) is 1. The Bertz CT molecular complexity index is 348. The molecule has 1 rings (SSSR count). The third kappa shape index (κ3) is 2.93. The zero-order valence-electron chi connectivity index (χ0n) is 8.43. The SMILES string of the molecule is COCC(N)Cn1ncc(C)cc1=O. The lowest BCUT2D eigenvalue weighted by Crippen LogP contribution is -2.36. The fourth-order valence-electron chi connectivity index (χ4n) is 1.15. The Kier molecular flexibility index (Phi) is 3.79. The molecule has 5 nitrogen and oxygen atoms in total. The number of aryl methyl sites for hydroxylation is 1. The van der Waals surface area contributed by atoms with Gasteiger partial charge in [-0.1, -0.05) is 0 Å². The molecule has 0 saturated carbocycles. The van der Waals surface area contributed by atoms with E-state index in [-0.39, 0.29) is 11.6 Å². The highest BCUT2D eigenvalue weighted by Crippen LogP contribution is 1.88. The minimum Gasteiger partial charge on any atom is -0.383 e. The highest BCUT2D eigenvalue weighted by Gasteiger charge is 2.05. The van der Waals surface area contributed by atoms with Crippen LogP contribution in [0.1, 0.15) is 5.56 Å². The predicted molar refractivity (Wildman–Crippen MR) is 53.1 cm³/mol. The van der Waals surface area contributed by atoms with Crippen molar-refractivity contribution in [2.45, 2.75) is 19.5 Å². The minimum atomic E-state index is -0.201. The van der Waals surface area contributed by atoms with Crippen molar-refractivity contribution >= 4 is 0 Å². The number of nitrogens with zero attached hydrogens (tertiary/aromatic N) is 2. The van der Waals surface area contributed by atoms with Crippen LogP contribution in [-0.4, -0.2) is 29.5 Å². The van der Waals surface area contributed by atoms with Gasteiger partial charge in [-0.2, -0.15) is 5.10 Å². The first-order valence-corrected chi connectivity index (χ1v) is 4.41. The molecule has 1 atom stereocenters. The molecule has 0 amide bonds. The first kappa shape index (κ1) is 10.9. The zero-order valence-corrected chi connectivity index (χ0v) is 8.43. The van der Waals surface area contributed by atoms with Crippen molar-refractivity contribution < 1.29 is 4.74 Å². The van der Waals surface area contributed by atoms with Crippen LogP contribution in [0.3, 0.4) is 0 Å². The Morgan fingerprint density at radius 1 is 1.71 bits per heavy atom. The molecular formula is C9H15N3O2. The average Bonchev–Trinajstić information content (AvgIpc) is 2.10. The van der Waals surface area contributed by atoms with Crippen molar-refractivity contribution in [2.24, 2.45) is 5.73 Å². The second-order valence-electron chi connectivity index (χ2n) is 3.27. The van der Waals surface area contributed by atoms with Gasteiger partial charge < -0.3 is 10.5 Å². The van der Waals surface area contributed by atoms with Crippen LogP contribution in [0.5, 0.6) is 0 Å². The molecule has 0 spiro atoms. The highest BCUT2D eigenvalue weighted by atomic mass is 16.5. The molecule has 0 aliphatic heterocycles. The van der Waals surface area contributed by atoms with Crippen molar-refractivity contribution in [3.05, 3.63) is 28.2 Å². The maximum Gasteiger partial charge on any atom is 0.267 e. The van der Waals surface area contributed by atoms with E-state index in [2.05, 4.69) is 5.10 Å². The summed E-state index contributed by atoms with van der Waals surface area (Å²) in [5.41, 5.74) is 6.42. The monoisotopic (exact) mass is 197 g/mol. The predicted octanol–water partition coefficient (Wildman–Crippen LogP) is -0.475. The molecular weight excluding hydrogens is 182 g/mol. The normalized spacial score (nSPS) is 12.8. The van der Waals surface area contributed by atoms with Gasteiger partial charge in [0.25, 0.3) is 5.56 Å². The van der Waals surface area contributed by atoms with Gasteiger partial charge in [0, 0.05) is 19.2 Å². The van der Waals surface area contributed by atoms with E-state index in [0.29, 0.717) is 13.2 Å². The van der Waals surface area contributed by atoms with Crippen molar-refractivity contribution in [3.63, 3.8) is 0 Å². The van der Waals surface area contributed by atoms with Gasteiger partial charge in [0.1, 0.15) is 0 Å². The molecule has 1 aromatic heterocycles. The van der Waals surface area contributed by atoms with E-state index >= 15 is 0 Å². The standard InChI is InChI=1S/C9H15N3O2/c1-7-3-9(13)12(11-4-7)5-8(10)6-14-2/h3-4,8H,5-6,10H2,1-2H3. The van der Waals surface area contributed by atoms with Crippen LogP contribution in [0.4, 0.5) is 0 Å². The third-order valence-corrected chi connectivity index (χ3v) is 1.79. The van der Waals surface area contributed by atoms with Crippen LogP contribution in [0.15, 0.2) is 17.1 Å². The van der Waals surface area contributed by atoms with E-state index < -0.39 is 0 Å². The molecule has 0 fully saturated rings. The summed E-state index contributed by atoms with van der Waals surface area (Å²) in [6.07, 6.45) is 1.64. The molecule has 1 aromatic rings. The van der Waals surface area contributed by atoms with Crippen molar-refractivity contribution in [1.82, 2.24) is 9.78 Å². The lowest BCUT2D eigenvalue weighted by Gasteiger charge is -2.11. The molecule has 1 heterocycles. The lowest BCUT2D eigenvalue weighted by atomic mass is 10.3. The van der Waals surface area contributed by atoms with E-state index in [0.717, 1.165) is 5.56 Å². The second-order valence-corrected chi connectivity index (χ2v) is 3.27. The fourth-order valence-corrected chi connectivity index (χ4v) is 1.15. The van der Waals surface area contributed by atoms with Gasteiger partial charge in [-0.05, 0) is 12.5 Å². The number of methoxy groups -OCH3 is 1. The van der Waals surface area contributed by atoms with Gasteiger partial charge in [0.2, 0.25) is 0 Å². The van der Waals surface area contributed by atoms with E-state index in [1.807, 2.05) is 6.92 Å². The van der Waals surface area contributed by atoms with E-state index in [9.17, 15) is 4.79 Å². The highest BCUT2D eigenvalue weighted by molar-refractivity contribution is 5.02. The number of ether oxygens (including phenoxy) is 1. The summed E-state index contributed by atoms with van der Waals surface area (Å²) in [6, 6.07) is 1.33. The summed E-state index contributed by atoms with van der Waals surface area (Å²) in [7, 11) is 1.57. The minimum absolute atomic E-state index is 0.128. The summed E-state index contributed by atoms with van der Waals surface area (Å²) >= 11 is 0. The van der Waals surface area contributed by atoms with Crippen LogP contribution in [0, 0.1) is 6.92 Å². The molecule has 0 aliphatic rings. The summed E-state index contributed by atoms with van der Waals surface area (Å²) in [6.45, 7) is 2.63. The Balaban J connectivity index is 2.72. The molecule has 1 unspecified atom stereocenters. The van der Waals surface area contributed by atoms with Gasteiger partial charge in [-0.3, -0.25) is 4.79 Å². The van der Waals surface area contributed by atoms with Crippen molar-refractivity contribution in [2.75, 3.05) is 13.7 Å².